The number of nitrogens with zero attached hydrogens (tertiary/aromatic N) is 1. The summed E-state index contributed by atoms with van der Waals surface area (Å²) in [6.07, 6.45) is -0.497. The van der Waals surface area contributed by atoms with Gasteiger partial charge in [0.25, 0.3) is 0 Å². The van der Waals surface area contributed by atoms with Gasteiger partial charge >= 0.3 is 12.1 Å². The highest BCUT2D eigenvalue weighted by Gasteiger charge is 2.16. The lowest BCUT2D eigenvalue weighted by Gasteiger charge is -2.19. The van der Waals surface area contributed by atoms with Gasteiger partial charge in [0.05, 0.1) is 12.1 Å². The second-order valence-electron chi connectivity index (χ2n) is 5.27. The smallest absolute Gasteiger partial charge is 0.407 e. The number of rotatable bonds is 5. The van der Waals surface area contributed by atoms with Crippen molar-refractivity contribution in [2.75, 3.05) is 6.54 Å². The van der Waals surface area contributed by atoms with E-state index in [9.17, 15) is 9.59 Å². The predicted octanol–water partition coefficient (Wildman–Crippen LogP) is 1.94. The Morgan fingerprint density at radius 3 is 2.65 bits per heavy atom. The van der Waals surface area contributed by atoms with Crippen LogP contribution < -0.4 is 5.32 Å². The van der Waals surface area contributed by atoms with Crippen LogP contribution in [0, 0.1) is 6.92 Å². The van der Waals surface area contributed by atoms with E-state index < -0.39 is 17.7 Å². The Hall–Kier alpha value is -2.05. The second kappa shape index (κ2) is 6.93. The van der Waals surface area contributed by atoms with Crippen LogP contribution in [-0.2, 0) is 20.9 Å². The van der Waals surface area contributed by atoms with Crippen LogP contribution in [0.3, 0.4) is 0 Å². The largest absolute Gasteiger partial charge is 0.457 e. The quantitative estimate of drug-likeness (QED) is 0.831. The summed E-state index contributed by atoms with van der Waals surface area (Å²) in [6.45, 7) is 7.26. The molecule has 0 aliphatic heterocycles. The lowest BCUT2D eigenvalue weighted by molar-refractivity contribution is -0.145. The standard InChI is InChI=1S/C13H20N2O5/c1-9-7-10(20-15-9)8-18-11(16)5-6-14-12(17)19-13(2,3)4/h7H,5-6,8H2,1-4H3,(H,14,17). The summed E-state index contributed by atoms with van der Waals surface area (Å²) in [5.74, 6) is 0.0473. The highest BCUT2D eigenvalue weighted by molar-refractivity contribution is 5.71. The molecule has 1 amide bonds. The molecule has 112 valence electrons. The maximum atomic E-state index is 11.4. The third-order valence-electron chi connectivity index (χ3n) is 2.05. The molecule has 0 atom stereocenters. The average molecular weight is 284 g/mol. The molecule has 0 radical (unpaired) electrons. The monoisotopic (exact) mass is 284 g/mol. The van der Waals surface area contributed by atoms with E-state index in [1.807, 2.05) is 0 Å². The van der Waals surface area contributed by atoms with Crippen LogP contribution in [0.2, 0.25) is 0 Å². The summed E-state index contributed by atoms with van der Waals surface area (Å²) >= 11 is 0. The third-order valence-corrected chi connectivity index (χ3v) is 2.05. The second-order valence-corrected chi connectivity index (χ2v) is 5.27. The summed E-state index contributed by atoms with van der Waals surface area (Å²) in [6, 6.07) is 1.69. The molecule has 1 N–H and O–H groups in total. The first-order valence-corrected chi connectivity index (χ1v) is 6.31. The molecule has 0 aliphatic rings. The number of amides is 1. The van der Waals surface area contributed by atoms with Crippen molar-refractivity contribution in [3.63, 3.8) is 0 Å². The Kier molecular flexibility index (Phi) is 5.54. The van der Waals surface area contributed by atoms with Gasteiger partial charge in [-0.1, -0.05) is 5.16 Å². The number of aromatic nitrogens is 1. The van der Waals surface area contributed by atoms with Crippen LogP contribution in [-0.4, -0.2) is 29.4 Å². The summed E-state index contributed by atoms with van der Waals surface area (Å²) < 4.78 is 14.9. The summed E-state index contributed by atoms with van der Waals surface area (Å²) in [7, 11) is 0. The van der Waals surface area contributed by atoms with Crippen molar-refractivity contribution in [1.29, 1.82) is 0 Å². The molecule has 0 saturated carbocycles. The Balaban J connectivity index is 2.16. The van der Waals surface area contributed by atoms with E-state index in [4.69, 9.17) is 14.0 Å². The molecule has 1 heterocycles. The normalized spacial score (nSPS) is 11.0. The fourth-order valence-electron chi connectivity index (χ4n) is 1.29. The van der Waals surface area contributed by atoms with Crippen LogP contribution in [0.4, 0.5) is 4.79 Å². The van der Waals surface area contributed by atoms with Crippen molar-refractivity contribution in [1.82, 2.24) is 10.5 Å². The van der Waals surface area contributed by atoms with Gasteiger partial charge < -0.3 is 19.3 Å². The zero-order valence-electron chi connectivity index (χ0n) is 12.2. The summed E-state index contributed by atoms with van der Waals surface area (Å²) in [5, 5.41) is 6.15. The van der Waals surface area contributed by atoms with Crippen molar-refractivity contribution < 1.29 is 23.6 Å². The SMILES string of the molecule is Cc1cc(COC(=O)CCNC(=O)OC(C)(C)C)on1. The molecule has 0 aromatic carbocycles. The molecule has 0 bridgehead atoms. The Morgan fingerprint density at radius 1 is 1.40 bits per heavy atom. The van der Waals surface area contributed by atoms with Crippen LogP contribution >= 0.6 is 0 Å². The van der Waals surface area contributed by atoms with Gasteiger partial charge in [-0.3, -0.25) is 4.79 Å². The first kappa shape index (κ1) is 16.0. The van der Waals surface area contributed by atoms with E-state index in [0.717, 1.165) is 5.69 Å². The molecule has 7 heteroatoms. The Bertz CT molecular complexity index is 462. The first-order valence-electron chi connectivity index (χ1n) is 6.31. The van der Waals surface area contributed by atoms with Crippen LogP contribution in [0.5, 0.6) is 0 Å². The molecule has 0 unspecified atom stereocenters. The topological polar surface area (TPSA) is 90.7 Å². The number of nitrogens with one attached hydrogen (secondary N) is 1. The van der Waals surface area contributed by atoms with Crippen molar-refractivity contribution in [3.05, 3.63) is 17.5 Å². The minimum Gasteiger partial charge on any atom is -0.457 e. The number of alkyl carbamates (subject to hydrolysis) is 1. The van der Waals surface area contributed by atoms with Gasteiger partial charge in [-0.25, -0.2) is 4.79 Å². The van der Waals surface area contributed by atoms with Gasteiger partial charge in [0, 0.05) is 12.6 Å². The predicted molar refractivity (Wildman–Crippen MR) is 69.9 cm³/mol. The maximum absolute atomic E-state index is 11.4. The molecule has 7 nitrogen and oxygen atoms in total. The Labute approximate surface area is 117 Å². The van der Waals surface area contributed by atoms with E-state index in [-0.39, 0.29) is 19.6 Å². The summed E-state index contributed by atoms with van der Waals surface area (Å²) in [5.41, 5.74) is 0.164. The van der Waals surface area contributed by atoms with E-state index in [1.165, 1.54) is 0 Å². The number of hydrogen-bond acceptors (Lipinski definition) is 6. The molecular weight excluding hydrogens is 264 g/mol. The molecule has 20 heavy (non-hydrogen) atoms. The van der Waals surface area contributed by atoms with Crippen molar-refractivity contribution in [2.45, 2.75) is 46.3 Å². The number of esters is 1. The van der Waals surface area contributed by atoms with Gasteiger partial charge in [-0.15, -0.1) is 0 Å². The number of ether oxygens (including phenoxy) is 2. The zero-order chi connectivity index (χ0) is 15.2. The molecule has 1 rings (SSSR count). The van der Waals surface area contributed by atoms with Crippen LogP contribution in [0.15, 0.2) is 10.6 Å². The molecule has 0 saturated heterocycles. The van der Waals surface area contributed by atoms with Crippen molar-refractivity contribution in [3.8, 4) is 0 Å². The molecule has 0 fully saturated rings. The maximum Gasteiger partial charge on any atom is 0.407 e. The van der Waals surface area contributed by atoms with Crippen molar-refractivity contribution >= 4 is 12.1 Å². The highest BCUT2D eigenvalue weighted by atomic mass is 16.6. The van der Waals surface area contributed by atoms with Crippen LogP contribution in [0.1, 0.15) is 38.6 Å². The fraction of sp³-hybridized carbons (Fsp3) is 0.615. The molecule has 0 spiro atoms. The van der Waals surface area contributed by atoms with E-state index in [1.54, 1.807) is 33.8 Å². The van der Waals surface area contributed by atoms with E-state index in [0.29, 0.717) is 5.76 Å². The molecule has 0 aliphatic carbocycles. The number of hydrogen-bond donors (Lipinski definition) is 1. The number of aryl methyl sites for hydroxylation is 1. The minimum absolute atomic E-state index is 0.0338. The number of carbonyl (C=O) groups excluding carboxylic acids is 2. The molecular formula is C13H20N2O5. The lowest BCUT2D eigenvalue weighted by atomic mass is 10.2. The van der Waals surface area contributed by atoms with Gasteiger partial charge in [0.2, 0.25) is 0 Å². The number of carbonyl (C=O) groups is 2. The Morgan fingerprint density at radius 2 is 2.10 bits per heavy atom. The molecule has 1 aromatic rings. The average Bonchev–Trinajstić information content (AvgIpc) is 2.70. The zero-order valence-corrected chi connectivity index (χ0v) is 12.2. The highest BCUT2D eigenvalue weighted by Crippen LogP contribution is 2.06. The fourth-order valence-corrected chi connectivity index (χ4v) is 1.29. The van der Waals surface area contributed by atoms with E-state index in [2.05, 4.69) is 10.5 Å². The van der Waals surface area contributed by atoms with Gasteiger partial charge in [0.15, 0.2) is 12.4 Å². The van der Waals surface area contributed by atoms with Gasteiger partial charge in [-0.05, 0) is 27.7 Å². The minimum atomic E-state index is -0.561. The first-order chi connectivity index (χ1) is 9.26. The third kappa shape index (κ3) is 6.77. The summed E-state index contributed by atoms with van der Waals surface area (Å²) in [4.78, 5) is 22.7. The van der Waals surface area contributed by atoms with Crippen LogP contribution in [0.25, 0.3) is 0 Å². The van der Waals surface area contributed by atoms with Gasteiger partial charge in [-0.2, -0.15) is 0 Å². The van der Waals surface area contributed by atoms with Crippen molar-refractivity contribution in [2.24, 2.45) is 0 Å². The van der Waals surface area contributed by atoms with Gasteiger partial charge in [0.1, 0.15) is 5.60 Å². The van der Waals surface area contributed by atoms with E-state index >= 15 is 0 Å². The lowest BCUT2D eigenvalue weighted by Crippen LogP contribution is -2.33. The molecule has 1 aromatic heterocycles.